The maximum Gasteiger partial charge on any atom is 0.290 e. The van der Waals surface area contributed by atoms with E-state index in [0.717, 1.165) is 25.9 Å². The minimum Gasteiger partial charge on any atom is -0.376 e. The summed E-state index contributed by atoms with van der Waals surface area (Å²) in [5.74, 6) is -1.21. The van der Waals surface area contributed by atoms with Crippen LogP contribution in [0.2, 0.25) is 0 Å². The fraction of sp³-hybridized carbons (Fsp3) is 0.667. The molecule has 0 aliphatic carbocycles. The number of hydrogen-bond acceptors (Lipinski definition) is 7. The molecular weight excluding hydrogens is 280 g/mol. The number of nitrogens with two attached hydrogens (primary N) is 1. The summed E-state index contributed by atoms with van der Waals surface area (Å²) in [6.07, 6.45) is 3.23. The number of aromatic nitrogens is 2. The summed E-state index contributed by atoms with van der Waals surface area (Å²) in [5.41, 5.74) is 4.98. The number of carbonyl (C=O) groups excluding carboxylic acids is 2. The van der Waals surface area contributed by atoms with E-state index in [0.29, 0.717) is 6.61 Å². The Morgan fingerprint density at radius 3 is 2.95 bits per heavy atom. The lowest BCUT2D eigenvalue weighted by atomic mass is 10.1. The van der Waals surface area contributed by atoms with Crippen molar-refractivity contribution in [2.75, 3.05) is 19.8 Å². The Balaban J connectivity index is 1.61. The predicted octanol–water partition coefficient (Wildman–Crippen LogP) is -0.630. The lowest BCUT2D eigenvalue weighted by Gasteiger charge is -2.22. The van der Waals surface area contributed by atoms with E-state index in [2.05, 4.69) is 15.5 Å². The molecule has 3 N–H and O–H groups in total. The fourth-order valence-corrected chi connectivity index (χ4v) is 1.87. The van der Waals surface area contributed by atoms with E-state index in [9.17, 15) is 9.59 Å². The summed E-state index contributed by atoms with van der Waals surface area (Å²) >= 11 is 0. The minimum absolute atomic E-state index is 0.0163. The van der Waals surface area contributed by atoms with Crippen LogP contribution in [0.1, 0.15) is 35.8 Å². The molecule has 116 valence electrons. The number of nitrogens with one attached hydrogen (secondary N) is 1. The second-order valence-corrected chi connectivity index (χ2v) is 4.66. The highest BCUT2D eigenvalue weighted by Crippen LogP contribution is 2.12. The number of primary amides is 1. The Hall–Kier alpha value is -2.00. The molecule has 9 heteroatoms. The zero-order valence-corrected chi connectivity index (χ0v) is 11.5. The van der Waals surface area contributed by atoms with Crippen molar-refractivity contribution in [3.05, 3.63) is 11.7 Å². The molecule has 1 aromatic heterocycles. The van der Waals surface area contributed by atoms with Gasteiger partial charge < -0.3 is 25.0 Å². The van der Waals surface area contributed by atoms with Gasteiger partial charge in [0.2, 0.25) is 11.8 Å². The minimum atomic E-state index is -0.785. The number of carbonyl (C=O) groups is 2. The molecule has 0 unspecified atom stereocenters. The van der Waals surface area contributed by atoms with Gasteiger partial charge in [0.15, 0.2) is 0 Å². The third-order valence-electron chi connectivity index (χ3n) is 2.94. The van der Waals surface area contributed by atoms with Crippen LogP contribution in [0.3, 0.4) is 0 Å². The van der Waals surface area contributed by atoms with E-state index in [1.165, 1.54) is 0 Å². The van der Waals surface area contributed by atoms with Crippen molar-refractivity contribution < 1.29 is 23.6 Å². The Morgan fingerprint density at radius 1 is 1.43 bits per heavy atom. The van der Waals surface area contributed by atoms with Gasteiger partial charge in [0.05, 0.1) is 19.3 Å². The molecule has 1 saturated heterocycles. The average Bonchev–Trinajstić information content (AvgIpc) is 2.95. The van der Waals surface area contributed by atoms with Crippen LogP contribution in [-0.2, 0) is 20.8 Å². The molecule has 1 aliphatic heterocycles. The summed E-state index contributed by atoms with van der Waals surface area (Å²) in [4.78, 5) is 26.0. The first-order valence-corrected chi connectivity index (χ1v) is 6.73. The highest BCUT2D eigenvalue weighted by Gasteiger charge is 2.15. The maximum atomic E-state index is 11.5. The standard InChI is InChI=1S/C12H18N4O5/c13-11(18)12-15-10(21-16-12)5-14-9(17)7-19-6-8-3-1-2-4-20-8/h8H,1-7H2,(H2,13,18)(H,14,17)/t8-/m1/s1. The largest absolute Gasteiger partial charge is 0.376 e. The lowest BCUT2D eigenvalue weighted by Crippen LogP contribution is -2.30. The first-order valence-electron chi connectivity index (χ1n) is 6.73. The molecule has 1 atom stereocenters. The van der Waals surface area contributed by atoms with Gasteiger partial charge in [-0.05, 0) is 19.3 Å². The van der Waals surface area contributed by atoms with E-state index >= 15 is 0 Å². The molecule has 1 fully saturated rings. The maximum absolute atomic E-state index is 11.5. The molecule has 0 radical (unpaired) electrons. The Kier molecular flexibility index (Phi) is 5.64. The topological polar surface area (TPSA) is 130 Å². The highest BCUT2D eigenvalue weighted by atomic mass is 16.5. The zero-order valence-electron chi connectivity index (χ0n) is 11.5. The van der Waals surface area contributed by atoms with Gasteiger partial charge in [-0.15, -0.1) is 0 Å². The molecule has 1 aliphatic rings. The summed E-state index contributed by atoms with van der Waals surface area (Å²) in [5, 5.41) is 5.89. The van der Waals surface area contributed by atoms with Crippen molar-refractivity contribution in [1.29, 1.82) is 0 Å². The van der Waals surface area contributed by atoms with Crippen molar-refractivity contribution in [1.82, 2.24) is 15.5 Å². The highest BCUT2D eigenvalue weighted by molar-refractivity contribution is 5.88. The molecule has 9 nitrogen and oxygen atoms in total. The molecule has 0 spiro atoms. The smallest absolute Gasteiger partial charge is 0.290 e. The lowest BCUT2D eigenvalue weighted by molar-refractivity contribution is -0.128. The second-order valence-electron chi connectivity index (χ2n) is 4.66. The SMILES string of the molecule is NC(=O)c1noc(CNC(=O)COC[C@H]2CCCCO2)n1. The van der Waals surface area contributed by atoms with Crippen molar-refractivity contribution >= 4 is 11.8 Å². The van der Waals surface area contributed by atoms with Crippen molar-refractivity contribution in [2.45, 2.75) is 31.9 Å². The van der Waals surface area contributed by atoms with Crippen molar-refractivity contribution in [3.8, 4) is 0 Å². The van der Waals surface area contributed by atoms with Crippen LogP contribution in [0.4, 0.5) is 0 Å². The van der Waals surface area contributed by atoms with Gasteiger partial charge in [-0.2, -0.15) is 4.98 Å². The van der Waals surface area contributed by atoms with Crippen molar-refractivity contribution in [3.63, 3.8) is 0 Å². The molecule has 0 aromatic carbocycles. The predicted molar refractivity (Wildman–Crippen MR) is 69.1 cm³/mol. The van der Waals surface area contributed by atoms with Gasteiger partial charge >= 0.3 is 0 Å². The molecule has 2 rings (SSSR count). The molecule has 0 bridgehead atoms. The molecule has 2 heterocycles. The molecule has 0 saturated carbocycles. The van der Waals surface area contributed by atoms with Crippen LogP contribution in [0.25, 0.3) is 0 Å². The van der Waals surface area contributed by atoms with E-state index in [1.807, 2.05) is 0 Å². The molecule has 1 aromatic rings. The summed E-state index contributed by atoms with van der Waals surface area (Å²) in [6.45, 7) is 1.10. The van der Waals surface area contributed by atoms with Crippen LogP contribution in [0.5, 0.6) is 0 Å². The van der Waals surface area contributed by atoms with E-state index in [1.54, 1.807) is 0 Å². The zero-order chi connectivity index (χ0) is 15.1. The van der Waals surface area contributed by atoms with Gasteiger partial charge in [0, 0.05) is 6.61 Å². The van der Waals surface area contributed by atoms with Crippen molar-refractivity contribution in [2.24, 2.45) is 5.73 Å². The molecule has 21 heavy (non-hydrogen) atoms. The van der Waals surface area contributed by atoms with Gasteiger partial charge in [0.1, 0.15) is 6.61 Å². The van der Waals surface area contributed by atoms with E-state index in [-0.39, 0.29) is 36.9 Å². The third kappa shape index (κ3) is 5.12. The number of rotatable bonds is 7. The van der Waals surface area contributed by atoms with Crippen LogP contribution in [0.15, 0.2) is 4.52 Å². The van der Waals surface area contributed by atoms with Crippen LogP contribution < -0.4 is 11.1 Å². The number of nitrogens with zero attached hydrogens (tertiary/aromatic N) is 2. The molecular formula is C12H18N4O5. The second kappa shape index (κ2) is 7.70. The summed E-state index contributed by atoms with van der Waals surface area (Å²) in [7, 11) is 0. The Bertz CT molecular complexity index is 484. The average molecular weight is 298 g/mol. The monoisotopic (exact) mass is 298 g/mol. The van der Waals surface area contributed by atoms with Crippen LogP contribution >= 0.6 is 0 Å². The van der Waals surface area contributed by atoms with Crippen LogP contribution in [0, 0.1) is 0 Å². The normalized spacial score (nSPS) is 18.4. The van der Waals surface area contributed by atoms with E-state index < -0.39 is 5.91 Å². The third-order valence-corrected chi connectivity index (χ3v) is 2.94. The van der Waals surface area contributed by atoms with Gasteiger partial charge in [-0.3, -0.25) is 9.59 Å². The molecule has 2 amide bonds. The first-order chi connectivity index (χ1) is 10.1. The number of amides is 2. The fourth-order valence-electron chi connectivity index (χ4n) is 1.87. The Morgan fingerprint density at radius 2 is 2.29 bits per heavy atom. The number of ether oxygens (including phenoxy) is 2. The Labute approximate surface area is 121 Å². The number of hydrogen-bond donors (Lipinski definition) is 2. The van der Waals surface area contributed by atoms with Crippen LogP contribution in [-0.4, -0.2) is 47.9 Å². The quantitative estimate of drug-likeness (QED) is 0.685. The summed E-state index contributed by atoms with van der Waals surface area (Å²) < 4.78 is 15.5. The van der Waals surface area contributed by atoms with Gasteiger partial charge in [-0.25, -0.2) is 0 Å². The first kappa shape index (κ1) is 15.4. The van der Waals surface area contributed by atoms with Gasteiger partial charge in [-0.1, -0.05) is 5.16 Å². The van der Waals surface area contributed by atoms with E-state index in [4.69, 9.17) is 19.7 Å². The van der Waals surface area contributed by atoms with Gasteiger partial charge in [0.25, 0.3) is 11.7 Å². The summed E-state index contributed by atoms with van der Waals surface area (Å²) in [6, 6.07) is 0.